The largest absolute Gasteiger partial charge is 0.118 e. The van der Waals surface area contributed by atoms with Crippen molar-refractivity contribution in [3.8, 4) is 0 Å². The van der Waals surface area contributed by atoms with Crippen LogP contribution < -0.4 is 0 Å². The lowest BCUT2D eigenvalue weighted by molar-refractivity contribution is 0.0398. The third kappa shape index (κ3) is 1.23. The van der Waals surface area contributed by atoms with Gasteiger partial charge in [0.25, 0.3) is 0 Å². The molecule has 0 aliphatic heterocycles. The third-order valence-electron chi connectivity index (χ3n) is 4.33. The maximum absolute atomic E-state index is 2.46. The summed E-state index contributed by atoms with van der Waals surface area (Å²) in [6, 6.07) is 0. The zero-order valence-electron chi connectivity index (χ0n) is 9.15. The minimum atomic E-state index is 0.730. The lowest BCUT2D eigenvalue weighted by Gasteiger charge is -2.59. The summed E-state index contributed by atoms with van der Waals surface area (Å²) in [4.78, 5) is 0. The Bertz CT molecular complexity index is 143. The second-order valence-electron chi connectivity index (χ2n) is 4.48. The van der Waals surface area contributed by atoms with E-state index in [1.165, 1.54) is 12.8 Å². The molecule has 1 rings (SSSR count). The zero-order chi connectivity index (χ0) is 9.35. The maximum Gasteiger partial charge on any atom is -0.00680 e. The molecule has 72 valence electrons. The molecule has 0 bridgehead atoms. The molecule has 0 nitrogen and oxygen atoms in total. The van der Waals surface area contributed by atoms with Gasteiger partial charge < -0.3 is 0 Å². The minimum absolute atomic E-state index is 0.730. The summed E-state index contributed by atoms with van der Waals surface area (Å²) < 4.78 is 0. The first-order chi connectivity index (χ1) is 5.60. The fourth-order valence-electron chi connectivity index (χ4n) is 3.12. The van der Waals surface area contributed by atoms with Gasteiger partial charge in [0.05, 0.1) is 0 Å². The second-order valence-corrected chi connectivity index (χ2v) is 5.91. The maximum atomic E-state index is 2.46. The molecule has 1 aliphatic rings. The van der Waals surface area contributed by atoms with E-state index in [-0.39, 0.29) is 0 Å². The van der Waals surface area contributed by atoms with Gasteiger partial charge in [0.2, 0.25) is 0 Å². The number of hydrogen-bond donors (Lipinski definition) is 0. The highest BCUT2D eigenvalue weighted by molar-refractivity contribution is 7.39. The van der Waals surface area contributed by atoms with Gasteiger partial charge in [0, 0.05) is 0 Å². The molecule has 1 unspecified atom stereocenters. The van der Waals surface area contributed by atoms with Crippen LogP contribution in [0.15, 0.2) is 0 Å². The average molecular weight is 186 g/mol. The minimum Gasteiger partial charge on any atom is -0.118 e. The Hall–Kier alpha value is 0.430. The van der Waals surface area contributed by atoms with Crippen molar-refractivity contribution >= 4 is 8.58 Å². The molecule has 0 saturated heterocycles. The van der Waals surface area contributed by atoms with Gasteiger partial charge in [-0.25, -0.2) is 0 Å². The Labute approximate surface area is 79.3 Å². The van der Waals surface area contributed by atoms with E-state index in [0.29, 0.717) is 0 Å². The SMILES string of the molecule is CCCC1(PC)[C@H](C)C(C)[C@H]1C. The van der Waals surface area contributed by atoms with Crippen molar-refractivity contribution in [2.24, 2.45) is 17.8 Å². The van der Waals surface area contributed by atoms with E-state index < -0.39 is 0 Å². The van der Waals surface area contributed by atoms with Gasteiger partial charge in [-0.1, -0.05) is 34.1 Å². The normalized spacial score (nSPS) is 48.2. The van der Waals surface area contributed by atoms with E-state index >= 15 is 0 Å². The molecule has 0 amide bonds. The van der Waals surface area contributed by atoms with E-state index in [9.17, 15) is 0 Å². The molecule has 0 radical (unpaired) electrons. The first kappa shape index (κ1) is 10.5. The van der Waals surface area contributed by atoms with E-state index in [0.717, 1.165) is 31.5 Å². The van der Waals surface area contributed by atoms with Crippen molar-refractivity contribution in [1.29, 1.82) is 0 Å². The molecule has 3 atom stereocenters. The first-order valence-corrected chi connectivity index (χ1v) is 6.79. The van der Waals surface area contributed by atoms with Crippen molar-refractivity contribution in [2.45, 2.75) is 45.7 Å². The van der Waals surface area contributed by atoms with Crippen LogP contribution in [0.2, 0.25) is 0 Å². The standard InChI is InChI=1S/C11H23P/c1-6-7-11(12-5)9(3)8(2)10(11)4/h8-10,12H,6-7H2,1-5H3/t8?,9-,10-,11?/m1/s1. The molecule has 0 aromatic rings. The summed E-state index contributed by atoms with van der Waals surface area (Å²) in [6.07, 6.45) is 2.82. The van der Waals surface area contributed by atoms with Crippen LogP contribution in [-0.4, -0.2) is 11.8 Å². The molecule has 1 fully saturated rings. The summed E-state index contributed by atoms with van der Waals surface area (Å²) in [5, 5.41) is 0.730. The van der Waals surface area contributed by atoms with E-state index in [4.69, 9.17) is 0 Å². The van der Waals surface area contributed by atoms with Crippen LogP contribution in [-0.2, 0) is 0 Å². The molecule has 0 N–H and O–H groups in total. The Morgan fingerprint density at radius 2 is 1.67 bits per heavy atom. The first-order valence-electron chi connectivity index (χ1n) is 5.29. The lowest BCUT2D eigenvalue weighted by atomic mass is 9.56. The number of rotatable bonds is 3. The predicted molar refractivity (Wildman–Crippen MR) is 59.4 cm³/mol. The molecular weight excluding hydrogens is 163 g/mol. The molecule has 0 aromatic heterocycles. The monoisotopic (exact) mass is 186 g/mol. The van der Waals surface area contributed by atoms with Gasteiger partial charge in [0.15, 0.2) is 0 Å². The Balaban J connectivity index is 2.67. The van der Waals surface area contributed by atoms with Crippen molar-refractivity contribution < 1.29 is 0 Å². The van der Waals surface area contributed by atoms with Crippen LogP contribution in [0.25, 0.3) is 0 Å². The smallest absolute Gasteiger partial charge is 0.00680 e. The van der Waals surface area contributed by atoms with Gasteiger partial charge in [-0.15, -0.1) is 8.58 Å². The highest BCUT2D eigenvalue weighted by Gasteiger charge is 2.53. The Morgan fingerprint density at radius 3 is 2.00 bits per heavy atom. The van der Waals surface area contributed by atoms with Crippen molar-refractivity contribution in [2.75, 3.05) is 6.66 Å². The van der Waals surface area contributed by atoms with E-state index in [1.54, 1.807) is 0 Å². The van der Waals surface area contributed by atoms with Crippen LogP contribution in [0.5, 0.6) is 0 Å². The van der Waals surface area contributed by atoms with Crippen molar-refractivity contribution in [3.63, 3.8) is 0 Å². The fraction of sp³-hybridized carbons (Fsp3) is 1.00. The van der Waals surface area contributed by atoms with Gasteiger partial charge in [0.1, 0.15) is 0 Å². The van der Waals surface area contributed by atoms with Gasteiger partial charge in [-0.2, -0.15) is 0 Å². The molecular formula is C11H23P. The average Bonchev–Trinajstić information content (AvgIpc) is 2.12. The van der Waals surface area contributed by atoms with Crippen LogP contribution in [0.3, 0.4) is 0 Å². The Kier molecular flexibility index (Phi) is 3.21. The van der Waals surface area contributed by atoms with Gasteiger partial charge >= 0.3 is 0 Å². The molecule has 0 heterocycles. The molecule has 0 aromatic carbocycles. The van der Waals surface area contributed by atoms with Crippen LogP contribution >= 0.6 is 8.58 Å². The topological polar surface area (TPSA) is 0 Å². The van der Waals surface area contributed by atoms with E-state index in [1.807, 2.05) is 0 Å². The molecule has 12 heavy (non-hydrogen) atoms. The number of hydrogen-bond acceptors (Lipinski definition) is 0. The molecule has 1 heteroatoms. The Morgan fingerprint density at radius 1 is 1.17 bits per heavy atom. The summed E-state index contributed by atoms with van der Waals surface area (Å²) in [6.45, 7) is 12.1. The second kappa shape index (κ2) is 3.66. The lowest BCUT2D eigenvalue weighted by Crippen LogP contribution is -2.55. The highest BCUT2D eigenvalue weighted by Crippen LogP contribution is 2.60. The van der Waals surface area contributed by atoms with Gasteiger partial charge in [-0.3, -0.25) is 0 Å². The summed E-state index contributed by atoms with van der Waals surface area (Å²) >= 11 is 0. The van der Waals surface area contributed by atoms with Crippen LogP contribution in [0, 0.1) is 17.8 Å². The van der Waals surface area contributed by atoms with Crippen molar-refractivity contribution in [1.82, 2.24) is 0 Å². The summed E-state index contributed by atoms with van der Waals surface area (Å²) in [5.74, 6) is 2.90. The summed E-state index contributed by atoms with van der Waals surface area (Å²) in [7, 11) is 1.14. The molecule has 0 spiro atoms. The van der Waals surface area contributed by atoms with Crippen LogP contribution in [0.4, 0.5) is 0 Å². The molecule has 1 aliphatic carbocycles. The fourth-order valence-corrected chi connectivity index (χ4v) is 5.05. The highest BCUT2D eigenvalue weighted by atomic mass is 31.1. The third-order valence-corrected chi connectivity index (χ3v) is 6.42. The van der Waals surface area contributed by atoms with Crippen molar-refractivity contribution in [3.05, 3.63) is 0 Å². The zero-order valence-corrected chi connectivity index (χ0v) is 10.1. The van der Waals surface area contributed by atoms with Gasteiger partial charge in [-0.05, 0) is 36.0 Å². The molecule has 1 saturated carbocycles. The quantitative estimate of drug-likeness (QED) is 0.589. The van der Waals surface area contributed by atoms with E-state index in [2.05, 4.69) is 34.4 Å². The predicted octanol–water partition coefficient (Wildman–Crippen LogP) is 3.76. The summed E-state index contributed by atoms with van der Waals surface area (Å²) in [5.41, 5.74) is 0. The van der Waals surface area contributed by atoms with Crippen LogP contribution in [0.1, 0.15) is 40.5 Å².